The molecule has 0 aliphatic carbocycles. The van der Waals surface area contributed by atoms with Gasteiger partial charge in [0, 0.05) is 66.3 Å². The Labute approximate surface area is 256 Å². The van der Waals surface area contributed by atoms with Crippen molar-refractivity contribution in [3.8, 4) is 0 Å². The third kappa shape index (κ3) is 15.9. The van der Waals surface area contributed by atoms with E-state index in [1.165, 1.54) is 18.9 Å². The number of carboxylic acids is 1. The van der Waals surface area contributed by atoms with Crippen molar-refractivity contribution >= 4 is 86.1 Å². The van der Waals surface area contributed by atoms with E-state index >= 15 is 0 Å². The zero-order valence-corrected chi connectivity index (χ0v) is 26.2. The first-order valence-electron chi connectivity index (χ1n) is 11.8. The number of aliphatic carboxylic acids is 1. The van der Waals surface area contributed by atoms with Gasteiger partial charge in [0.1, 0.15) is 12.2 Å². The SMILES string of the molecule is CO[C@H]1CCN(CCN)C1=O.CO[C@H]1CCN(CCNC(=O)CSCC(=O)O)C1=O.O=C1CSCC(=O)O1.S.S. The summed E-state index contributed by atoms with van der Waals surface area (Å²) in [5.74, 6) is -1.33. The van der Waals surface area contributed by atoms with E-state index in [1.807, 2.05) is 0 Å². The monoisotopic (exact) mass is 648 g/mol. The normalized spacial score (nSPS) is 19.8. The first-order chi connectivity index (χ1) is 18.1. The number of likely N-dealkylation sites (tertiary alicyclic amines) is 2. The predicted molar refractivity (Wildman–Crippen MR) is 160 cm³/mol. The van der Waals surface area contributed by atoms with Crippen molar-refractivity contribution in [2.24, 2.45) is 5.73 Å². The van der Waals surface area contributed by atoms with Gasteiger partial charge in [-0.25, -0.2) is 0 Å². The molecule has 3 aliphatic rings. The molecule has 0 saturated carbocycles. The summed E-state index contributed by atoms with van der Waals surface area (Å²) in [5, 5.41) is 11.1. The molecule has 40 heavy (non-hydrogen) atoms. The third-order valence-electron chi connectivity index (χ3n) is 5.29. The molecule has 18 heteroatoms. The summed E-state index contributed by atoms with van der Waals surface area (Å²) >= 11 is 2.33. The minimum Gasteiger partial charge on any atom is -0.481 e. The Hall–Kier alpha value is -1.70. The fourth-order valence-electron chi connectivity index (χ4n) is 3.47. The highest BCUT2D eigenvalue weighted by atomic mass is 32.2. The second kappa shape index (κ2) is 22.9. The topological polar surface area (TPSA) is 195 Å². The predicted octanol–water partition coefficient (Wildman–Crippen LogP) is -1.61. The van der Waals surface area contributed by atoms with E-state index in [0.717, 1.165) is 24.7 Å². The first-order valence-corrected chi connectivity index (χ1v) is 14.1. The molecule has 3 amide bonds. The van der Waals surface area contributed by atoms with Crippen molar-refractivity contribution in [1.82, 2.24) is 15.1 Å². The highest BCUT2D eigenvalue weighted by molar-refractivity contribution is 8.00. The quantitative estimate of drug-likeness (QED) is 0.171. The summed E-state index contributed by atoms with van der Waals surface area (Å²) in [6, 6.07) is 0. The Morgan fingerprint density at radius 2 is 1.48 bits per heavy atom. The molecule has 2 atom stereocenters. The average Bonchev–Trinajstić information content (AvgIpc) is 3.41. The zero-order chi connectivity index (χ0) is 28.5. The molecule has 4 N–H and O–H groups in total. The van der Waals surface area contributed by atoms with Gasteiger partial charge < -0.3 is 40.2 Å². The van der Waals surface area contributed by atoms with Gasteiger partial charge in [0.25, 0.3) is 11.8 Å². The van der Waals surface area contributed by atoms with Crippen LogP contribution in [0.15, 0.2) is 0 Å². The van der Waals surface area contributed by atoms with Crippen LogP contribution in [0.25, 0.3) is 0 Å². The molecule has 232 valence electrons. The Kier molecular flexibility index (Phi) is 23.2. The lowest BCUT2D eigenvalue weighted by Gasteiger charge is -2.16. The summed E-state index contributed by atoms with van der Waals surface area (Å²) in [7, 11) is 3.07. The molecule has 0 spiro atoms. The molecule has 0 aromatic heterocycles. The molecule has 0 bridgehead atoms. The number of nitrogens with one attached hydrogen (secondary N) is 1. The minimum atomic E-state index is -0.939. The Balaban J connectivity index is 0. The van der Waals surface area contributed by atoms with Crippen LogP contribution in [0.1, 0.15) is 12.8 Å². The van der Waals surface area contributed by atoms with E-state index in [9.17, 15) is 28.8 Å². The number of rotatable bonds is 11. The zero-order valence-electron chi connectivity index (χ0n) is 22.5. The molecule has 0 radical (unpaired) electrons. The first kappa shape index (κ1) is 40.4. The molecule has 3 saturated heterocycles. The number of hydrogen-bond donors (Lipinski definition) is 3. The van der Waals surface area contributed by atoms with E-state index in [4.69, 9.17) is 20.3 Å². The van der Waals surface area contributed by atoms with E-state index < -0.39 is 17.9 Å². The summed E-state index contributed by atoms with van der Waals surface area (Å²) < 4.78 is 14.2. The maximum absolute atomic E-state index is 11.7. The fourth-order valence-corrected chi connectivity index (χ4v) is 4.59. The van der Waals surface area contributed by atoms with Gasteiger partial charge in [0.15, 0.2) is 0 Å². The van der Waals surface area contributed by atoms with Gasteiger partial charge in [-0.1, -0.05) is 0 Å². The maximum Gasteiger partial charge on any atom is 0.323 e. The van der Waals surface area contributed by atoms with E-state index in [0.29, 0.717) is 50.7 Å². The molecule has 14 nitrogen and oxygen atoms in total. The van der Waals surface area contributed by atoms with Crippen molar-refractivity contribution in [2.75, 3.05) is 76.5 Å². The maximum atomic E-state index is 11.7. The number of carboxylic acid groups (broad SMARTS) is 1. The summed E-state index contributed by atoms with van der Waals surface area (Å²) in [6.45, 7) is 3.43. The Morgan fingerprint density at radius 1 is 0.975 bits per heavy atom. The van der Waals surface area contributed by atoms with Gasteiger partial charge in [-0.15, -0.1) is 23.5 Å². The van der Waals surface area contributed by atoms with Crippen molar-refractivity contribution in [3.05, 3.63) is 0 Å². The number of cyclic esters (lactones) is 2. The van der Waals surface area contributed by atoms with Crippen LogP contribution in [0.4, 0.5) is 0 Å². The van der Waals surface area contributed by atoms with Gasteiger partial charge in [-0.3, -0.25) is 28.8 Å². The number of amides is 3. The third-order valence-corrected chi connectivity index (χ3v) is 7.09. The van der Waals surface area contributed by atoms with E-state index in [2.05, 4.69) is 10.1 Å². The van der Waals surface area contributed by atoms with Crippen molar-refractivity contribution in [3.63, 3.8) is 0 Å². The lowest BCUT2D eigenvalue weighted by atomic mass is 10.3. The molecule has 3 heterocycles. The molecule has 3 rings (SSSR count). The lowest BCUT2D eigenvalue weighted by molar-refractivity contribution is -0.156. The van der Waals surface area contributed by atoms with Crippen LogP contribution < -0.4 is 11.1 Å². The molecule has 0 aromatic carbocycles. The van der Waals surface area contributed by atoms with Gasteiger partial charge in [0.05, 0.1) is 23.0 Å². The number of thioether (sulfide) groups is 2. The van der Waals surface area contributed by atoms with Crippen molar-refractivity contribution < 1.29 is 48.1 Å². The number of ether oxygens (including phenoxy) is 3. The van der Waals surface area contributed by atoms with Crippen LogP contribution in [0.2, 0.25) is 0 Å². The van der Waals surface area contributed by atoms with Crippen LogP contribution in [-0.4, -0.2) is 139 Å². The number of esters is 2. The standard InChI is InChI=1S/C11H18N2O5S.C7H14N2O2.C4H4O3S.2H2S/c1-18-8-2-4-13(11(8)17)5-3-12-9(14)6-19-7-10(15)16;1-11-6-2-4-9(5-3-8)7(6)10;5-3-1-8-2-4(6)7-3;;/h8H,2-7H2,1H3,(H,12,14)(H,15,16);6H,2-5,8H2,1H3;1-2H2;2*1H2/t8-;6-;;;/m00.../s1. The number of carbonyl (C=O) groups is 6. The van der Waals surface area contributed by atoms with Crippen LogP contribution in [-0.2, 0) is 43.0 Å². The smallest absolute Gasteiger partial charge is 0.323 e. The average molecular weight is 649 g/mol. The highest BCUT2D eigenvalue weighted by Gasteiger charge is 2.31. The van der Waals surface area contributed by atoms with Crippen molar-refractivity contribution in [2.45, 2.75) is 25.0 Å². The second-order valence-electron chi connectivity index (χ2n) is 8.04. The molecular formula is C22H40N4O10S4. The molecule has 3 aliphatic heterocycles. The molecular weight excluding hydrogens is 609 g/mol. The van der Waals surface area contributed by atoms with Crippen LogP contribution in [0.3, 0.4) is 0 Å². The number of carbonyl (C=O) groups excluding carboxylic acids is 5. The van der Waals surface area contributed by atoms with Gasteiger partial charge in [0.2, 0.25) is 5.91 Å². The fraction of sp³-hybridized carbons (Fsp3) is 0.727. The van der Waals surface area contributed by atoms with Crippen LogP contribution >= 0.6 is 50.5 Å². The summed E-state index contributed by atoms with van der Waals surface area (Å²) in [5.41, 5.74) is 5.32. The molecule has 3 fully saturated rings. The minimum absolute atomic E-state index is 0. The second-order valence-corrected chi connectivity index (χ2v) is 10.0. The lowest BCUT2D eigenvalue weighted by Crippen LogP contribution is -2.38. The van der Waals surface area contributed by atoms with Gasteiger partial charge in [-0.05, 0) is 0 Å². The summed E-state index contributed by atoms with van der Waals surface area (Å²) in [6.07, 6.45) is 0.899. The molecule has 0 aromatic rings. The Morgan fingerprint density at radius 3 is 1.85 bits per heavy atom. The van der Waals surface area contributed by atoms with Gasteiger partial charge in [-0.2, -0.15) is 27.0 Å². The van der Waals surface area contributed by atoms with E-state index in [-0.39, 0.29) is 68.4 Å². The molecule has 0 unspecified atom stereocenters. The summed E-state index contributed by atoms with van der Waals surface area (Å²) in [4.78, 5) is 68.4. The number of methoxy groups -OCH3 is 2. The van der Waals surface area contributed by atoms with Crippen LogP contribution in [0.5, 0.6) is 0 Å². The Bertz CT molecular complexity index is 825. The highest BCUT2D eigenvalue weighted by Crippen LogP contribution is 2.13. The van der Waals surface area contributed by atoms with Gasteiger partial charge >= 0.3 is 17.9 Å². The van der Waals surface area contributed by atoms with Crippen molar-refractivity contribution in [1.29, 1.82) is 0 Å². The van der Waals surface area contributed by atoms with Crippen LogP contribution in [0, 0.1) is 0 Å². The number of nitrogens with zero attached hydrogens (tertiary/aromatic N) is 2. The van der Waals surface area contributed by atoms with E-state index in [1.54, 1.807) is 16.9 Å². The number of hydrogen-bond acceptors (Lipinski definition) is 12. The number of nitrogens with two attached hydrogens (primary N) is 1. The largest absolute Gasteiger partial charge is 0.481 e.